The monoisotopic (exact) mass is 351 g/mol. The van der Waals surface area contributed by atoms with E-state index < -0.39 is 15.9 Å². The second-order valence-electron chi connectivity index (χ2n) is 5.63. The number of nitrogens with one attached hydrogen (secondary N) is 2. The van der Waals surface area contributed by atoms with Crippen molar-refractivity contribution in [2.45, 2.75) is 18.9 Å². The van der Waals surface area contributed by atoms with Gasteiger partial charge in [-0.05, 0) is 24.5 Å². The van der Waals surface area contributed by atoms with Crippen molar-refractivity contribution >= 4 is 27.9 Å². The molecule has 2 amide bonds. The zero-order chi connectivity index (χ0) is 17.6. The van der Waals surface area contributed by atoms with Gasteiger partial charge in [0.25, 0.3) is 0 Å². The molecule has 8 heteroatoms. The summed E-state index contributed by atoms with van der Waals surface area (Å²) in [4.78, 5) is 23.2. The summed E-state index contributed by atoms with van der Waals surface area (Å²) in [5, 5.41) is 6.20. The van der Waals surface area contributed by atoms with Gasteiger partial charge in [-0.25, -0.2) is 8.42 Å². The molecule has 1 fully saturated rings. The van der Waals surface area contributed by atoms with E-state index in [4.69, 9.17) is 0 Å². The molecule has 0 spiro atoms. The number of hydrogen-bond donors (Lipinski definition) is 2. The first-order chi connectivity index (χ1) is 11.4. The molecular formula is C16H21N3O4S. The summed E-state index contributed by atoms with van der Waals surface area (Å²) in [5.74, 6) is -0.791. The second-order valence-corrected chi connectivity index (χ2v) is 7.56. The third-order valence-electron chi connectivity index (χ3n) is 3.42. The van der Waals surface area contributed by atoms with Crippen LogP contribution < -0.4 is 10.6 Å². The highest BCUT2D eigenvalue weighted by Crippen LogP contribution is 2.18. The number of rotatable bonds is 8. The van der Waals surface area contributed by atoms with Gasteiger partial charge in [0.1, 0.15) is 0 Å². The Hall–Kier alpha value is -2.19. The van der Waals surface area contributed by atoms with E-state index in [1.807, 2.05) is 6.07 Å². The minimum atomic E-state index is -3.71. The molecule has 0 atom stereocenters. The zero-order valence-corrected chi connectivity index (χ0v) is 14.3. The Morgan fingerprint density at radius 2 is 1.88 bits per heavy atom. The van der Waals surface area contributed by atoms with Crippen LogP contribution in [-0.2, 0) is 19.6 Å². The second kappa shape index (κ2) is 8.07. The quantitative estimate of drug-likeness (QED) is 0.705. The van der Waals surface area contributed by atoms with Gasteiger partial charge in [-0.2, -0.15) is 4.31 Å². The molecule has 0 unspecified atom stereocenters. The van der Waals surface area contributed by atoms with Gasteiger partial charge in [-0.1, -0.05) is 30.3 Å². The maximum atomic E-state index is 12.1. The summed E-state index contributed by atoms with van der Waals surface area (Å²) >= 11 is 0. The van der Waals surface area contributed by atoms with Crippen molar-refractivity contribution in [3.63, 3.8) is 0 Å². The molecule has 0 aromatic heterocycles. The number of sulfonamides is 1. The number of benzene rings is 1. The van der Waals surface area contributed by atoms with E-state index >= 15 is 0 Å². The van der Waals surface area contributed by atoms with Gasteiger partial charge in [-0.15, -0.1) is 0 Å². The standard InChI is InChI=1S/C16H21N3O4S/c1-19(12-16(21)17-11-15(20)18-14-7-8-14)24(22,23)10-9-13-5-3-2-4-6-13/h2-6,9-10,14H,7-8,11-12H2,1H3,(H,17,21)(H,18,20)/b10-9+. The molecule has 24 heavy (non-hydrogen) atoms. The topological polar surface area (TPSA) is 95.6 Å². The normalized spacial score (nSPS) is 14.8. The van der Waals surface area contributed by atoms with Crippen molar-refractivity contribution in [1.82, 2.24) is 14.9 Å². The van der Waals surface area contributed by atoms with Crippen LogP contribution in [0.25, 0.3) is 6.08 Å². The van der Waals surface area contributed by atoms with Crippen LogP contribution in [0.3, 0.4) is 0 Å². The van der Waals surface area contributed by atoms with E-state index in [2.05, 4.69) is 10.6 Å². The number of hydrogen-bond acceptors (Lipinski definition) is 4. The molecule has 1 saturated carbocycles. The van der Waals surface area contributed by atoms with Crippen molar-refractivity contribution in [2.75, 3.05) is 20.1 Å². The van der Waals surface area contributed by atoms with Crippen LogP contribution in [0, 0.1) is 0 Å². The molecular weight excluding hydrogens is 330 g/mol. The van der Waals surface area contributed by atoms with Crippen LogP contribution in [0.1, 0.15) is 18.4 Å². The van der Waals surface area contributed by atoms with E-state index in [1.165, 1.54) is 13.1 Å². The molecule has 1 aliphatic carbocycles. The van der Waals surface area contributed by atoms with Crippen LogP contribution in [0.5, 0.6) is 0 Å². The molecule has 1 aromatic carbocycles. The molecule has 0 bridgehead atoms. The molecule has 0 radical (unpaired) electrons. The molecule has 2 rings (SSSR count). The molecule has 0 heterocycles. The summed E-state index contributed by atoms with van der Waals surface area (Å²) in [6, 6.07) is 9.21. The lowest BCUT2D eigenvalue weighted by molar-refractivity contribution is -0.126. The van der Waals surface area contributed by atoms with Gasteiger partial charge in [-0.3, -0.25) is 9.59 Å². The highest BCUT2D eigenvalue weighted by atomic mass is 32.2. The smallest absolute Gasteiger partial charge is 0.239 e. The van der Waals surface area contributed by atoms with Crippen LogP contribution in [0.4, 0.5) is 0 Å². The number of amides is 2. The Morgan fingerprint density at radius 3 is 2.50 bits per heavy atom. The molecule has 130 valence electrons. The minimum Gasteiger partial charge on any atom is -0.352 e. The van der Waals surface area contributed by atoms with Crippen molar-refractivity contribution < 1.29 is 18.0 Å². The summed E-state index contributed by atoms with van der Waals surface area (Å²) in [7, 11) is -2.40. The molecule has 1 aliphatic rings. The van der Waals surface area contributed by atoms with Gasteiger partial charge in [0.15, 0.2) is 0 Å². The lowest BCUT2D eigenvalue weighted by Gasteiger charge is -2.14. The van der Waals surface area contributed by atoms with Gasteiger partial charge in [0, 0.05) is 18.5 Å². The largest absolute Gasteiger partial charge is 0.352 e. The van der Waals surface area contributed by atoms with Gasteiger partial charge >= 0.3 is 0 Å². The number of carbonyl (C=O) groups is 2. The number of carbonyl (C=O) groups excluding carboxylic acids is 2. The maximum absolute atomic E-state index is 12.1. The van der Waals surface area contributed by atoms with Crippen LogP contribution >= 0.6 is 0 Å². The molecule has 7 nitrogen and oxygen atoms in total. The average Bonchev–Trinajstić information content (AvgIpc) is 3.36. The highest BCUT2D eigenvalue weighted by molar-refractivity contribution is 7.92. The Kier molecular flexibility index (Phi) is 6.10. The van der Waals surface area contributed by atoms with Crippen LogP contribution in [0.15, 0.2) is 35.7 Å². The lowest BCUT2D eigenvalue weighted by atomic mass is 10.2. The maximum Gasteiger partial charge on any atom is 0.239 e. The van der Waals surface area contributed by atoms with Crippen molar-refractivity contribution in [2.24, 2.45) is 0 Å². The predicted molar refractivity (Wildman–Crippen MR) is 91.2 cm³/mol. The van der Waals surface area contributed by atoms with E-state index in [-0.39, 0.29) is 25.0 Å². The summed E-state index contributed by atoms with van der Waals surface area (Å²) in [6.07, 6.45) is 3.40. The third kappa shape index (κ3) is 6.13. The molecule has 0 saturated heterocycles. The number of nitrogens with zero attached hydrogens (tertiary/aromatic N) is 1. The zero-order valence-electron chi connectivity index (χ0n) is 13.4. The first-order valence-corrected chi connectivity index (χ1v) is 9.13. The fourth-order valence-corrected chi connectivity index (χ4v) is 2.70. The molecule has 2 N–H and O–H groups in total. The first kappa shape index (κ1) is 18.2. The third-order valence-corrected chi connectivity index (χ3v) is 4.90. The molecule has 0 aliphatic heterocycles. The van der Waals surface area contributed by atoms with Gasteiger partial charge < -0.3 is 10.6 Å². The summed E-state index contributed by atoms with van der Waals surface area (Å²) < 4.78 is 25.2. The van der Waals surface area contributed by atoms with Gasteiger partial charge in [0.2, 0.25) is 21.8 Å². The molecule has 1 aromatic rings. The number of likely N-dealkylation sites (N-methyl/N-ethyl adjacent to an activating group) is 1. The fraction of sp³-hybridized carbons (Fsp3) is 0.375. The highest BCUT2D eigenvalue weighted by Gasteiger charge is 2.23. The van der Waals surface area contributed by atoms with Crippen molar-refractivity contribution in [3.05, 3.63) is 41.3 Å². The van der Waals surface area contributed by atoms with Crippen LogP contribution in [0.2, 0.25) is 0 Å². The van der Waals surface area contributed by atoms with E-state index in [0.717, 1.165) is 28.1 Å². The summed E-state index contributed by atoms with van der Waals surface area (Å²) in [5.41, 5.74) is 0.746. The average molecular weight is 351 g/mol. The van der Waals surface area contributed by atoms with Crippen molar-refractivity contribution in [3.8, 4) is 0 Å². The Bertz CT molecular complexity index is 712. The van der Waals surface area contributed by atoms with E-state index in [0.29, 0.717) is 0 Å². The fourth-order valence-electron chi connectivity index (χ4n) is 1.87. The van der Waals surface area contributed by atoms with Crippen LogP contribution in [-0.4, -0.2) is 50.7 Å². The lowest BCUT2D eigenvalue weighted by Crippen LogP contribution is -2.42. The van der Waals surface area contributed by atoms with Crippen molar-refractivity contribution in [1.29, 1.82) is 0 Å². The van der Waals surface area contributed by atoms with E-state index in [9.17, 15) is 18.0 Å². The minimum absolute atomic E-state index is 0.150. The van der Waals surface area contributed by atoms with E-state index in [1.54, 1.807) is 24.3 Å². The first-order valence-electron chi connectivity index (χ1n) is 7.62. The van der Waals surface area contributed by atoms with Gasteiger partial charge in [0.05, 0.1) is 13.1 Å². The Morgan fingerprint density at radius 1 is 1.21 bits per heavy atom. The predicted octanol–water partition coefficient (Wildman–Crippen LogP) is 0.314. The summed E-state index contributed by atoms with van der Waals surface area (Å²) in [6.45, 7) is -0.499. The Labute approximate surface area is 141 Å². The SMILES string of the molecule is CN(CC(=O)NCC(=O)NC1CC1)S(=O)(=O)/C=C/c1ccccc1. The Balaban J connectivity index is 1.80.